The Morgan fingerprint density at radius 2 is 1.72 bits per heavy atom. The maximum absolute atomic E-state index is 12.4. The summed E-state index contributed by atoms with van der Waals surface area (Å²) < 4.78 is 7.09. The summed E-state index contributed by atoms with van der Waals surface area (Å²) in [7, 11) is 0. The fourth-order valence-electron chi connectivity index (χ4n) is 2.82. The van der Waals surface area contributed by atoms with Crippen LogP contribution in [0.3, 0.4) is 0 Å². The summed E-state index contributed by atoms with van der Waals surface area (Å²) in [6, 6.07) is 13.9. The Morgan fingerprint density at radius 1 is 1.04 bits per heavy atom. The maximum atomic E-state index is 12.4. The molecule has 0 saturated carbocycles. The molecule has 0 spiro atoms. The minimum atomic E-state index is -0.462. The molecule has 0 aliphatic carbocycles. The lowest BCUT2D eigenvalue weighted by molar-refractivity contribution is 0.0464. The molecule has 3 rings (SSSR count). The SMILES string of the molecule is Cc1cc(C)cc(-n2nnc(C(=O)OCc3ccccc3C)c2C)c1. The van der Waals surface area contributed by atoms with Crippen LogP contribution in [-0.2, 0) is 11.3 Å². The first-order valence-corrected chi connectivity index (χ1v) is 8.18. The van der Waals surface area contributed by atoms with E-state index in [-0.39, 0.29) is 12.3 Å². The minimum absolute atomic E-state index is 0.224. The van der Waals surface area contributed by atoms with Gasteiger partial charge in [-0.05, 0) is 62.1 Å². The van der Waals surface area contributed by atoms with Gasteiger partial charge in [0.05, 0.1) is 11.4 Å². The highest BCUT2D eigenvalue weighted by Gasteiger charge is 2.19. The fraction of sp³-hybridized carbons (Fsp3) is 0.250. The minimum Gasteiger partial charge on any atom is -0.456 e. The van der Waals surface area contributed by atoms with Crippen LogP contribution >= 0.6 is 0 Å². The van der Waals surface area contributed by atoms with Crippen molar-refractivity contribution in [2.24, 2.45) is 0 Å². The van der Waals surface area contributed by atoms with E-state index >= 15 is 0 Å². The molecule has 0 fully saturated rings. The third kappa shape index (κ3) is 3.60. The zero-order valence-electron chi connectivity index (χ0n) is 14.9. The van der Waals surface area contributed by atoms with Crippen LogP contribution in [0.4, 0.5) is 0 Å². The Morgan fingerprint density at radius 3 is 2.40 bits per heavy atom. The molecule has 1 aromatic heterocycles. The van der Waals surface area contributed by atoms with Gasteiger partial charge in [0.25, 0.3) is 0 Å². The van der Waals surface area contributed by atoms with Crippen molar-refractivity contribution in [3.8, 4) is 5.69 Å². The molecule has 0 saturated heterocycles. The molecule has 3 aromatic rings. The lowest BCUT2D eigenvalue weighted by Gasteiger charge is -2.08. The monoisotopic (exact) mass is 335 g/mol. The van der Waals surface area contributed by atoms with E-state index in [1.54, 1.807) is 4.68 Å². The van der Waals surface area contributed by atoms with Gasteiger partial charge in [-0.25, -0.2) is 9.48 Å². The fourth-order valence-corrected chi connectivity index (χ4v) is 2.82. The van der Waals surface area contributed by atoms with E-state index in [9.17, 15) is 4.79 Å². The number of rotatable bonds is 4. The van der Waals surface area contributed by atoms with Gasteiger partial charge in [0.2, 0.25) is 0 Å². The number of hydrogen-bond donors (Lipinski definition) is 0. The van der Waals surface area contributed by atoms with E-state index in [1.165, 1.54) is 0 Å². The van der Waals surface area contributed by atoms with Crippen LogP contribution in [0.5, 0.6) is 0 Å². The van der Waals surface area contributed by atoms with Gasteiger partial charge in [-0.1, -0.05) is 35.5 Å². The number of carbonyl (C=O) groups excluding carboxylic acids is 1. The average molecular weight is 335 g/mol. The zero-order chi connectivity index (χ0) is 18.0. The van der Waals surface area contributed by atoms with Gasteiger partial charge in [0.15, 0.2) is 5.69 Å². The van der Waals surface area contributed by atoms with Crippen molar-refractivity contribution in [1.29, 1.82) is 0 Å². The van der Waals surface area contributed by atoms with Gasteiger partial charge in [-0.3, -0.25) is 0 Å². The number of benzene rings is 2. The molecule has 0 atom stereocenters. The predicted octanol–water partition coefficient (Wildman–Crippen LogP) is 3.86. The predicted molar refractivity (Wildman–Crippen MR) is 95.9 cm³/mol. The van der Waals surface area contributed by atoms with Crippen molar-refractivity contribution in [2.45, 2.75) is 34.3 Å². The number of nitrogens with zero attached hydrogens (tertiary/aromatic N) is 3. The van der Waals surface area contributed by atoms with Crippen molar-refractivity contribution in [3.63, 3.8) is 0 Å². The Labute approximate surface area is 147 Å². The van der Waals surface area contributed by atoms with E-state index < -0.39 is 5.97 Å². The number of hydrogen-bond acceptors (Lipinski definition) is 4. The van der Waals surface area contributed by atoms with Gasteiger partial charge < -0.3 is 4.74 Å². The van der Waals surface area contributed by atoms with Gasteiger partial charge in [0, 0.05) is 0 Å². The maximum Gasteiger partial charge on any atom is 0.361 e. The second kappa shape index (κ2) is 6.89. The molecule has 2 aromatic carbocycles. The van der Waals surface area contributed by atoms with Gasteiger partial charge >= 0.3 is 5.97 Å². The van der Waals surface area contributed by atoms with E-state index in [0.29, 0.717) is 5.69 Å². The van der Waals surface area contributed by atoms with E-state index in [1.807, 2.05) is 64.1 Å². The molecule has 128 valence electrons. The molecule has 1 heterocycles. The zero-order valence-corrected chi connectivity index (χ0v) is 14.9. The molecule has 5 heteroatoms. The number of carbonyl (C=O) groups is 1. The lowest BCUT2D eigenvalue weighted by atomic mass is 10.1. The number of ether oxygens (including phenoxy) is 1. The summed E-state index contributed by atoms with van der Waals surface area (Å²) in [4.78, 5) is 12.4. The number of esters is 1. The summed E-state index contributed by atoms with van der Waals surface area (Å²) in [5.41, 5.74) is 6.14. The summed E-state index contributed by atoms with van der Waals surface area (Å²) in [5.74, 6) is -0.462. The van der Waals surface area contributed by atoms with Crippen molar-refractivity contribution in [1.82, 2.24) is 15.0 Å². The summed E-state index contributed by atoms with van der Waals surface area (Å²) in [6.07, 6.45) is 0. The molecule has 0 unspecified atom stereocenters. The molecule has 0 amide bonds. The Balaban J connectivity index is 1.81. The summed E-state index contributed by atoms with van der Waals surface area (Å²) in [5, 5.41) is 8.15. The second-order valence-electron chi connectivity index (χ2n) is 6.28. The average Bonchev–Trinajstić information content (AvgIpc) is 2.94. The largest absolute Gasteiger partial charge is 0.456 e. The highest BCUT2D eigenvalue weighted by Crippen LogP contribution is 2.17. The molecule has 0 N–H and O–H groups in total. The Hall–Kier alpha value is -2.95. The van der Waals surface area contributed by atoms with Crippen LogP contribution in [-0.4, -0.2) is 21.0 Å². The van der Waals surface area contributed by atoms with Crippen molar-refractivity contribution >= 4 is 5.97 Å². The van der Waals surface area contributed by atoms with Gasteiger partial charge in [-0.2, -0.15) is 0 Å². The van der Waals surface area contributed by atoms with Crippen molar-refractivity contribution < 1.29 is 9.53 Å². The normalized spacial score (nSPS) is 10.7. The second-order valence-corrected chi connectivity index (χ2v) is 6.28. The van der Waals surface area contributed by atoms with Crippen LogP contribution in [0.25, 0.3) is 5.69 Å². The quantitative estimate of drug-likeness (QED) is 0.679. The van der Waals surface area contributed by atoms with Gasteiger partial charge in [-0.15, -0.1) is 5.10 Å². The molecular formula is C20H21N3O2. The van der Waals surface area contributed by atoms with E-state index in [4.69, 9.17) is 4.74 Å². The molecule has 0 bridgehead atoms. The standard InChI is InChI=1S/C20H21N3O2/c1-13-9-14(2)11-18(10-13)23-16(4)19(21-22-23)20(24)25-12-17-8-6-5-7-15(17)3/h5-11H,12H2,1-4H3. The first-order chi connectivity index (χ1) is 12.0. The summed E-state index contributed by atoms with van der Waals surface area (Å²) >= 11 is 0. The van der Waals surface area contributed by atoms with Crippen LogP contribution in [0, 0.1) is 27.7 Å². The lowest BCUT2D eigenvalue weighted by Crippen LogP contribution is -2.09. The first kappa shape index (κ1) is 16.9. The smallest absolute Gasteiger partial charge is 0.361 e. The van der Waals surface area contributed by atoms with Crippen LogP contribution in [0.15, 0.2) is 42.5 Å². The molecule has 25 heavy (non-hydrogen) atoms. The first-order valence-electron chi connectivity index (χ1n) is 8.18. The van der Waals surface area contributed by atoms with Crippen molar-refractivity contribution in [3.05, 3.63) is 76.1 Å². The molecule has 5 nitrogen and oxygen atoms in total. The van der Waals surface area contributed by atoms with Crippen LogP contribution < -0.4 is 0 Å². The molecular weight excluding hydrogens is 314 g/mol. The molecule has 0 radical (unpaired) electrons. The Kier molecular flexibility index (Phi) is 4.65. The highest BCUT2D eigenvalue weighted by atomic mass is 16.5. The van der Waals surface area contributed by atoms with Crippen LogP contribution in [0.2, 0.25) is 0 Å². The van der Waals surface area contributed by atoms with Crippen molar-refractivity contribution in [2.75, 3.05) is 0 Å². The topological polar surface area (TPSA) is 57.0 Å². The Bertz CT molecular complexity index is 908. The summed E-state index contributed by atoms with van der Waals surface area (Å²) in [6.45, 7) is 8.09. The molecule has 0 aliphatic rings. The van der Waals surface area contributed by atoms with E-state index in [0.717, 1.165) is 27.9 Å². The number of aryl methyl sites for hydroxylation is 3. The van der Waals surface area contributed by atoms with Crippen LogP contribution in [0.1, 0.15) is 38.4 Å². The van der Waals surface area contributed by atoms with E-state index in [2.05, 4.69) is 16.4 Å². The highest BCUT2D eigenvalue weighted by molar-refractivity contribution is 5.88. The molecule has 0 aliphatic heterocycles. The third-order valence-electron chi connectivity index (χ3n) is 4.16. The number of aromatic nitrogens is 3. The third-order valence-corrected chi connectivity index (χ3v) is 4.16. The van der Waals surface area contributed by atoms with Gasteiger partial charge in [0.1, 0.15) is 6.61 Å².